The first-order chi connectivity index (χ1) is 10.5. The van der Waals surface area contributed by atoms with Gasteiger partial charge in [0.25, 0.3) is 0 Å². The molecule has 0 aliphatic carbocycles. The van der Waals surface area contributed by atoms with E-state index in [0.29, 0.717) is 0 Å². The van der Waals surface area contributed by atoms with Crippen LogP contribution in [0.15, 0.2) is 29.6 Å². The van der Waals surface area contributed by atoms with Gasteiger partial charge in [0, 0.05) is 23.5 Å². The van der Waals surface area contributed by atoms with Gasteiger partial charge in [-0.3, -0.25) is 9.69 Å². The molecule has 22 heavy (non-hydrogen) atoms. The maximum Gasteiger partial charge on any atom is 0.238 e. The zero-order valence-electron chi connectivity index (χ0n) is 12.1. The molecule has 1 unspecified atom stereocenters. The first-order valence-corrected chi connectivity index (χ1v) is 7.98. The number of nitrogens with zero attached hydrogens (tertiary/aromatic N) is 1. The summed E-state index contributed by atoms with van der Waals surface area (Å²) in [7, 11) is 0. The molecule has 1 aromatic heterocycles. The highest BCUT2D eigenvalue weighted by atomic mass is 32.1. The Balaban J connectivity index is 1.65. The van der Waals surface area contributed by atoms with Crippen LogP contribution in [0.25, 0.3) is 0 Å². The van der Waals surface area contributed by atoms with E-state index in [1.165, 1.54) is 16.5 Å². The summed E-state index contributed by atoms with van der Waals surface area (Å²) >= 11 is 1.74. The Kier molecular flexibility index (Phi) is 4.22. The number of carbonyl (C=O) groups is 1. The van der Waals surface area contributed by atoms with E-state index in [2.05, 4.69) is 28.6 Å². The Morgan fingerprint density at radius 2 is 2.23 bits per heavy atom. The Labute approximate surface area is 131 Å². The van der Waals surface area contributed by atoms with Crippen molar-refractivity contribution in [1.82, 2.24) is 4.90 Å². The minimum absolute atomic E-state index is 0.00675. The van der Waals surface area contributed by atoms with Crippen LogP contribution in [0.3, 0.4) is 0 Å². The second-order valence-electron chi connectivity index (χ2n) is 5.37. The zero-order valence-corrected chi connectivity index (χ0v) is 12.9. The molecule has 1 aromatic carbocycles. The average molecular weight is 322 g/mol. The number of hydrogen-bond acceptors (Lipinski definition) is 3. The summed E-state index contributed by atoms with van der Waals surface area (Å²) in [6.45, 7) is 3.05. The summed E-state index contributed by atoms with van der Waals surface area (Å²) in [6, 6.07) is 5.38. The van der Waals surface area contributed by atoms with Crippen LogP contribution in [0, 0.1) is 11.6 Å². The molecule has 3 nitrogen and oxygen atoms in total. The van der Waals surface area contributed by atoms with Crippen molar-refractivity contribution in [3.63, 3.8) is 0 Å². The number of fused-ring (bicyclic) bond motifs is 1. The van der Waals surface area contributed by atoms with E-state index >= 15 is 0 Å². The van der Waals surface area contributed by atoms with Gasteiger partial charge in [-0.1, -0.05) is 0 Å². The molecule has 116 valence electrons. The second kappa shape index (κ2) is 6.14. The molecule has 1 aliphatic rings. The molecule has 1 atom stereocenters. The van der Waals surface area contributed by atoms with Crippen molar-refractivity contribution >= 4 is 22.9 Å². The minimum atomic E-state index is -0.764. The van der Waals surface area contributed by atoms with Gasteiger partial charge in [-0.2, -0.15) is 0 Å². The molecule has 0 bridgehead atoms. The number of amides is 1. The average Bonchev–Trinajstić information content (AvgIpc) is 2.94. The summed E-state index contributed by atoms with van der Waals surface area (Å²) in [5.74, 6) is -1.72. The van der Waals surface area contributed by atoms with E-state index < -0.39 is 11.6 Å². The fraction of sp³-hybridized carbons (Fsp3) is 0.312. The molecule has 0 spiro atoms. The molecule has 6 heteroatoms. The van der Waals surface area contributed by atoms with Gasteiger partial charge in [0.2, 0.25) is 5.91 Å². The van der Waals surface area contributed by atoms with Crippen LogP contribution in [0.1, 0.15) is 23.4 Å². The van der Waals surface area contributed by atoms with Crippen molar-refractivity contribution in [3.05, 3.63) is 51.7 Å². The number of thiophene rings is 1. The Bertz CT molecular complexity index is 701. The maximum absolute atomic E-state index is 13.6. The molecule has 1 N–H and O–H groups in total. The van der Waals surface area contributed by atoms with E-state index in [9.17, 15) is 13.6 Å². The number of carbonyl (C=O) groups excluding carboxylic acids is 1. The van der Waals surface area contributed by atoms with Gasteiger partial charge in [0.15, 0.2) is 0 Å². The van der Waals surface area contributed by atoms with Crippen LogP contribution in [0.2, 0.25) is 0 Å². The van der Waals surface area contributed by atoms with Crippen LogP contribution in [-0.2, 0) is 11.2 Å². The number of rotatable bonds is 3. The van der Waals surface area contributed by atoms with Crippen molar-refractivity contribution in [1.29, 1.82) is 0 Å². The van der Waals surface area contributed by atoms with Crippen LogP contribution in [0.5, 0.6) is 0 Å². The Morgan fingerprint density at radius 1 is 1.41 bits per heavy atom. The number of halogens is 2. The van der Waals surface area contributed by atoms with E-state index in [1.54, 1.807) is 11.3 Å². The molecule has 0 saturated carbocycles. The highest BCUT2D eigenvalue weighted by Gasteiger charge is 2.26. The van der Waals surface area contributed by atoms with Gasteiger partial charge in [-0.25, -0.2) is 8.78 Å². The molecule has 0 fully saturated rings. The molecule has 0 radical (unpaired) electrons. The molecule has 3 rings (SSSR count). The van der Waals surface area contributed by atoms with Gasteiger partial charge in [-0.05, 0) is 42.5 Å². The highest BCUT2D eigenvalue weighted by molar-refractivity contribution is 7.10. The largest absolute Gasteiger partial charge is 0.322 e. The summed E-state index contributed by atoms with van der Waals surface area (Å²) in [5.41, 5.74) is 1.27. The smallest absolute Gasteiger partial charge is 0.238 e. The highest BCUT2D eigenvalue weighted by Crippen LogP contribution is 2.32. The minimum Gasteiger partial charge on any atom is -0.322 e. The molecular formula is C16H16F2N2OS. The molecule has 1 amide bonds. The van der Waals surface area contributed by atoms with Crippen molar-refractivity contribution < 1.29 is 13.6 Å². The van der Waals surface area contributed by atoms with E-state index in [-0.39, 0.29) is 24.2 Å². The lowest BCUT2D eigenvalue weighted by molar-refractivity contribution is -0.117. The molecular weight excluding hydrogens is 306 g/mol. The molecule has 0 saturated heterocycles. The monoisotopic (exact) mass is 322 g/mol. The van der Waals surface area contributed by atoms with E-state index in [1.807, 2.05) is 0 Å². The van der Waals surface area contributed by atoms with Crippen molar-refractivity contribution in [2.75, 3.05) is 18.4 Å². The third-order valence-corrected chi connectivity index (χ3v) is 4.95. The first kappa shape index (κ1) is 15.1. The molecule has 2 aromatic rings. The van der Waals surface area contributed by atoms with Crippen LogP contribution < -0.4 is 5.32 Å². The fourth-order valence-electron chi connectivity index (χ4n) is 2.74. The van der Waals surface area contributed by atoms with E-state index in [4.69, 9.17) is 0 Å². The SMILES string of the molecule is CC1c2ccsc2CCN1CC(=O)Nc1ccc(F)cc1F. The summed E-state index contributed by atoms with van der Waals surface area (Å²) in [6.07, 6.45) is 0.926. The molecule has 2 heterocycles. The maximum atomic E-state index is 13.6. The van der Waals surface area contributed by atoms with Gasteiger partial charge < -0.3 is 5.32 Å². The molecule has 1 aliphatic heterocycles. The lowest BCUT2D eigenvalue weighted by atomic mass is 10.0. The predicted octanol–water partition coefficient (Wildman–Crippen LogP) is 3.58. The number of anilines is 1. The van der Waals surface area contributed by atoms with Crippen LogP contribution in [-0.4, -0.2) is 23.9 Å². The fourth-order valence-corrected chi connectivity index (χ4v) is 3.71. The predicted molar refractivity (Wildman–Crippen MR) is 83.0 cm³/mol. The third-order valence-electron chi connectivity index (χ3n) is 3.96. The normalized spacial score (nSPS) is 18.0. The topological polar surface area (TPSA) is 32.3 Å². The van der Waals surface area contributed by atoms with Gasteiger partial charge in [0.05, 0.1) is 12.2 Å². The first-order valence-electron chi connectivity index (χ1n) is 7.10. The van der Waals surface area contributed by atoms with Crippen molar-refractivity contribution in [3.8, 4) is 0 Å². The quantitative estimate of drug-likeness (QED) is 0.937. The van der Waals surface area contributed by atoms with Crippen molar-refractivity contribution in [2.45, 2.75) is 19.4 Å². The van der Waals surface area contributed by atoms with Crippen LogP contribution in [0.4, 0.5) is 14.5 Å². The summed E-state index contributed by atoms with van der Waals surface area (Å²) in [4.78, 5) is 15.5. The lowest BCUT2D eigenvalue weighted by Gasteiger charge is -2.32. The summed E-state index contributed by atoms with van der Waals surface area (Å²) < 4.78 is 26.4. The van der Waals surface area contributed by atoms with Gasteiger partial charge >= 0.3 is 0 Å². The second-order valence-corrected chi connectivity index (χ2v) is 6.37. The number of benzene rings is 1. The zero-order chi connectivity index (χ0) is 15.7. The third kappa shape index (κ3) is 3.03. The van der Waals surface area contributed by atoms with Crippen molar-refractivity contribution in [2.24, 2.45) is 0 Å². The Hall–Kier alpha value is -1.79. The number of hydrogen-bond donors (Lipinski definition) is 1. The standard InChI is InChI=1S/C16H16F2N2OS/c1-10-12-5-7-22-15(12)4-6-20(10)9-16(21)19-14-3-2-11(17)8-13(14)18/h2-3,5,7-8,10H,4,6,9H2,1H3,(H,19,21). The van der Waals surface area contributed by atoms with Crippen LogP contribution >= 0.6 is 11.3 Å². The van der Waals surface area contributed by atoms with Gasteiger partial charge in [-0.15, -0.1) is 11.3 Å². The summed E-state index contributed by atoms with van der Waals surface area (Å²) in [5, 5.41) is 4.57. The van der Waals surface area contributed by atoms with E-state index in [0.717, 1.165) is 25.1 Å². The van der Waals surface area contributed by atoms with Gasteiger partial charge in [0.1, 0.15) is 11.6 Å². The number of nitrogens with one attached hydrogen (secondary N) is 1. The lowest BCUT2D eigenvalue weighted by Crippen LogP contribution is -2.39. The Morgan fingerprint density at radius 3 is 3.00 bits per heavy atom.